The molecule has 0 spiro atoms. The molecule has 0 bridgehead atoms. The quantitative estimate of drug-likeness (QED) is 0.256. The summed E-state index contributed by atoms with van der Waals surface area (Å²) in [7, 11) is 1.53. The van der Waals surface area contributed by atoms with Crippen LogP contribution in [0, 0.1) is 16.0 Å². The molecule has 5 atom stereocenters. The number of nitrogens with zero attached hydrogens (tertiary/aromatic N) is 1. The lowest BCUT2D eigenvalue weighted by molar-refractivity contribution is -0.539. The number of hydrogen-bond acceptors (Lipinski definition) is 8. The molecule has 4 unspecified atom stereocenters. The highest BCUT2D eigenvalue weighted by molar-refractivity contribution is 7.99. The second-order valence-electron chi connectivity index (χ2n) is 5.34. The van der Waals surface area contributed by atoms with E-state index in [9.17, 15) is 20.3 Å². The second-order valence-corrected chi connectivity index (χ2v) is 6.82. The Morgan fingerprint density at radius 2 is 1.95 bits per heavy atom. The Kier molecular flexibility index (Phi) is 9.22. The zero-order valence-electron chi connectivity index (χ0n) is 12.9. The van der Waals surface area contributed by atoms with Crippen LogP contribution in [0.1, 0.15) is 19.8 Å². The van der Waals surface area contributed by atoms with Crippen LogP contribution in [0.2, 0.25) is 0 Å². The first-order valence-corrected chi connectivity index (χ1v) is 8.27. The van der Waals surface area contributed by atoms with Crippen molar-refractivity contribution in [1.29, 1.82) is 0 Å². The number of aliphatic hydroxyl groups is 2. The molecule has 1 aliphatic rings. The molecule has 1 rings (SSSR count). The molecule has 0 amide bonds. The highest BCUT2D eigenvalue weighted by Crippen LogP contribution is 2.34. The first kappa shape index (κ1) is 19.6. The predicted octanol–water partition coefficient (Wildman–Crippen LogP) is 0.480. The van der Waals surface area contributed by atoms with Crippen molar-refractivity contribution in [2.24, 2.45) is 5.92 Å². The Labute approximate surface area is 134 Å². The van der Waals surface area contributed by atoms with E-state index in [4.69, 9.17) is 14.2 Å². The van der Waals surface area contributed by atoms with E-state index >= 15 is 0 Å². The molecular weight excluding hydrogens is 314 g/mol. The van der Waals surface area contributed by atoms with Gasteiger partial charge in [-0.3, -0.25) is 10.1 Å². The van der Waals surface area contributed by atoms with Crippen molar-refractivity contribution in [2.75, 3.05) is 33.1 Å². The van der Waals surface area contributed by atoms with Crippen LogP contribution in [0.3, 0.4) is 0 Å². The fraction of sp³-hybridized carbons (Fsp3) is 1.00. The average molecular weight is 339 g/mol. The van der Waals surface area contributed by atoms with Crippen LogP contribution in [0.15, 0.2) is 0 Å². The van der Waals surface area contributed by atoms with Gasteiger partial charge in [0.1, 0.15) is 13.6 Å². The zero-order valence-corrected chi connectivity index (χ0v) is 13.7. The van der Waals surface area contributed by atoms with Crippen LogP contribution in [0.25, 0.3) is 0 Å². The largest absolute Gasteiger partial charge is 0.390 e. The van der Waals surface area contributed by atoms with Gasteiger partial charge in [0.15, 0.2) is 0 Å². The minimum Gasteiger partial charge on any atom is -0.390 e. The van der Waals surface area contributed by atoms with Crippen molar-refractivity contribution in [3.63, 3.8) is 0 Å². The zero-order chi connectivity index (χ0) is 16.5. The number of hydrogen-bond donors (Lipinski definition) is 2. The lowest BCUT2D eigenvalue weighted by Gasteiger charge is -2.35. The molecule has 0 saturated heterocycles. The van der Waals surface area contributed by atoms with Gasteiger partial charge in [-0.15, -0.1) is 0 Å². The van der Waals surface area contributed by atoms with E-state index in [1.807, 2.05) is 6.92 Å². The van der Waals surface area contributed by atoms with Crippen molar-refractivity contribution in [2.45, 2.75) is 43.3 Å². The average Bonchev–Trinajstić information content (AvgIpc) is 2.48. The summed E-state index contributed by atoms with van der Waals surface area (Å²) in [5, 5.41) is 30.5. The third-order valence-corrected chi connectivity index (χ3v) is 5.06. The molecular formula is C13H25NO7S. The normalized spacial score (nSPS) is 30.2. The molecule has 130 valence electrons. The number of thioether (sulfide) groups is 1. The molecule has 8 nitrogen and oxygen atoms in total. The van der Waals surface area contributed by atoms with Gasteiger partial charge in [-0.2, -0.15) is 11.8 Å². The first-order chi connectivity index (χ1) is 10.5. The second kappa shape index (κ2) is 10.3. The van der Waals surface area contributed by atoms with Crippen LogP contribution in [0.4, 0.5) is 0 Å². The summed E-state index contributed by atoms with van der Waals surface area (Å²) in [5.74, 6) is 0.417. The topological polar surface area (TPSA) is 111 Å². The summed E-state index contributed by atoms with van der Waals surface area (Å²) in [6, 6.07) is -0.813. The first-order valence-electron chi connectivity index (χ1n) is 7.23. The molecule has 2 N–H and O–H groups in total. The Bertz CT molecular complexity index is 334. The molecule has 0 heterocycles. The Hall–Kier alpha value is -0.450. The van der Waals surface area contributed by atoms with E-state index in [1.54, 1.807) is 11.8 Å². The summed E-state index contributed by atoms with van der Waals surface area (Å²) in [4.78, 5) is 10.8. The lowest BCUT2D eigenvalue weighted by atomic mass is 9.80. The number of methoxy groups -OCH3 is 1. The summed E-state index contributed by atoms with van der Waals surface area (Å²) >= 11 is 1.56. The summed E-state index contributed by atoms with van der Waals surface area (Å²) in [5.41, 5.74) is 0. The molecule has 0 aliphatic heterocycles. The number of aliphatic hydroxyl groups excluding tert-OH is 2. The van der Waals surface area contributed by atoms with Crippen LogP contribution < -0.4 is 0 Å². The summed E-state index contributed by atoms with van der Waals surface area (Å²) < 4.78 is 14.9. The van der Waals surface area contributed by atoms with Gasteiger partial charge in [0.25, 0.3) is 0 Å². The van der Waals surface area contributed by atoms with Crippen molar-refractivity contribution >= 4 is 11.8 Å². The number of rotatable bonds is 10. The maximum Gasteiger partial charge on any atom is 0.219 e. The Morgan fingerprint density at radius 1 is 1.27 bits per heavy atom. The van der Waals surface area contributed by atoms with Crippen molar-refractivity contribution in [1.82, 2.24) is 0 Å². The molecule has 22 heavy (non-hydrogen) atoms. The van der Waals surface area contributed by atoms with Crippen molar-refractivity contribution in [3.8, 4) is 0 Å². The van der Waals surface area contributed by atoms with E-state index in [-0.39, 0.29) is 42.5 Å². The summed E-state index contributed by atoms with van der Waals surface area (Å²) in [6.07, 6.45) is -1.64. The van der Waals surface area contributed by atoms with E-state index in [0.717, 1.165) is 0 Å². The number of nitro groups is 1. The van der Waals surface area contributed by atoms with Gasteiger partial charge in [-0.05, 0) is 6.42 Å². The predicted molar refractivity (Wildman–Crippen MR) is 81.2 cm³/mol. The Morgan fingerprint density at radius 3 is 2.59 bits per heavy atom. The smallest absolute Gasteiger partial charge is 0.219 e. The van der Waals surface area contributed by atoms with E-state index in [2.05, 4.69) is 0 Å². The maximum absolute atomic E-state index is 11.1. The third kappa shape index (κ3) is 6.35. The molecule has 0 aromatic carbocycles. The molecule has 0 radical (unpaired) electrons. The Balaban J connectivity index is 2.32. The number of ether oxygens (including phenoxy) is 3. The highest BCUT2D eigenvalue weighted by Gasteiger charge is 2.44. The van der Waals surface area contributed by atoms with Crippen LogP contribution in [0.5, 0.6) is 0 Å². The van der Waals surface area contributed by atoms with Gasteiger partial charge in [0.2, 0.25) is 6.04 Å². The molecule has 9 heteroatoms. The molecule has 0 aromatic rings. The molecule has 1 saturated carbocycles. The van der Waals surface area contributed by atoms with Gasteiger partial charge in [0, 0.05) is 35.4 Å². The van der Waals surface area contributed by atoms with Crippen LogP contribution >= 0.6 is 11.8 Å². The molecule has 1 fully saturated rings. The SMILES string of the molecule is COCOCOCCSC(C)C1CC(O)[C@@H](O)CC1[N+](=O)[O-]. The van der Waals surface area contributed by atoms with Gasteiger partial charge in [0.05, 0.1) is 18.8 Å². The molecule has 0 aromatic heterocycles. The maximum atomic E-state index is 11.1. The van der Waals surface area contributed by atoms with E-state index < -0.39 is 18.2 Å². The highest BCUT2D eigenvalue weighted by atomic mass is 32.2. The monoisotopic (exact) mass is 339 g/mol. The van der Waals surface area contributed by atoms with Crippen molar-refractivity contribution in [3.05, 3.63) is 10.1 Å². The fourth-order valence-electron chi connectivity index (χ4n) is 2.57. The summed E-state index contributed by atoms with van der Waals surface area (Å²) in [6.45, 7) is 2.71. The van der Waals surface area contributed by atoms with Gasteiger partial charge in [-0.25, -0.2) is 0 Å². The third-order valence-electron chi connectivity index (χ3n) is 3.79. The van der Waals surface area contributed by atoms with Crippen LogP contribution in [-0.4, -0.2) is 71.7 Å². The minimum atomic E-state index is -1.01. The lowest BCUT2D eigenvalue weighted by Crippen LogP contribution is -2.48. The van der Waals surface area contributed by atoms with Gasteiger partial charge in [-0.1, -0.05) is 6.92 Å². The van der Waals surface area contributed by atoms with Crippen molar-refractivity contribution < 1.29 is 29.3 Å². The van der Waals surface area contributed by atoms with Gasteiger partial charge >= 0.3 is 0 Å². The fourth-order valence-corrected chi connectivity index (χ4v) is 3.70. The van der Waals surface area contributed by atoms with E-state index in [1.165, 1.54) is 7.11 Å². The van der Waals surface area contributed by atoms with E-state index in [0.29, 0.717) is 12.4 Å². The van der Waals surface area contributed by atoms with Crippen LogP contribution in [-0.2, 0) is 14.2 Å². The molecule has 1 aliphatic carbocycles. The standard InChI is InChI=1S/C13H25NO7S/c1-9(22-4-3-20-8-21-7-19-2)10-5-12(15)13(16)6-11(10)14(17)18/h9-13,15-16H,3-8H2,1-2H3/t9?,10?,11?,12?,13-/m0/s1. The minimum absolute atomic E-state index is 0.000966. The van der Waals surface area contributed by atoms with Gasteiger partial charge < -0.3 is 24.4 Å².